The van der Waals surface area contributed by atoms with E-state index in [1.807, 2.05) is 12.1 Å². The van der Waals surface area contributed by atoms with E-state index in [9.17, 15) is 4.79 Å². The van der Waals surface area contributed by atoms with E-state index in [1.54, 1.807) is 6.07 Å². The maximum atomic E-state index is 11.9. The monoisotopic (exact) mass is 307 g/mol. The molecule has 1 aliphatic rings. The smallest absolute Gasteiger partial charge is 0.167 e. The third kappa shape index (κ3) is 2.39. The zero-order chi connectivity index (χ0) is 14.1. The quantitative estimate of drug-likeness (QED) is 0.857. The normalized spacial score (nSPS) is 13.4. The van der Waals surface area contributed by atoms with Crippen LogP contribution in [0.5, 0.6) is 5.75 Å². The first-order valence-corrected chi connectivity index (χ1v) is 6.98. The van der Waals surface area contributed by atoms with E-state index < -0.39 is 0 Å². The summed E-state index contributed by atoms with van der Waals surface area (Å²) in [5, 5.41) is 0.910. The third-order valence-electron chi connectivity index (χ3n) is 3.34. The van der Waals surface area contributed by atoms with Crippen LogP contribution >= 0.6 is 23.2 Å². The first-order chi connectivity index (χ1) is 9.66. The van der Waals surface area contributed by atoms with Gasteiger partial charge in [0.15, 0.2) is 5.78 Å². The highest BCUT2D eigenvalue weighted by Crippen LogP contribution is 2.32. The van der Waals surface area contributed by atoms with Gasteiger partial charge in [-0.15, -0.1) is 0 Å². The number of benzene rings is 1. The number of aryl methyl sites for hydroxylation is 1. The van der Waals surface area contributed by atoms with Crippen LogP contribution in [0.4, 0.5) is 0 Å². The lowest BCUT2D eigenvalue weighted by Gasteiger charge is -2.11. The Balaban J connectivity index is 1.87. The van der Waals surface area contributed by atoms with Gasteiger partial charge in [0.1, 0.15) is 12.4 Å². The molecule has 0 N–H and O–H groups in total. The van der Waals surface area contributed by atoms with Gasteiger partial charge in [-0.25, -0.2) is 0 Å². The van der Waals surface area contributed by atoms with Crippen LogP contribution in [0, 0.1) is 0 Å². The van der Waals surface area contributed by atoms with Gasteiger partial charge in [-0.05, 0) is 18.1 Å². The topological polar surface area (TPSA) is 39.2 Å². The lowest BCUT2D eigenvalue weighted by atomic mass is 10.1. The summed E-state index contributed by atoms with van der Waals surface area (Å²) in [6.07, 6.45) is 4.37. The van der Waals surface area contributed by atoms with E-state index in [4.69, 9.17) is 27.9 Å². The van der Waals surface area contributed by atoms with Gasteiger partial charge in [-0.2, -0.15) is 0 Å². The molecule has 3 rings (SSSR count). The van der Waals surface area contributed by atoms with Crippen molar-refractivity contribution in [2.75, 3.05) is 0 Å². The number of pyridine rings is 1. The van der Waals surface area contributed by atoms with Crippen LogP contribution in [-0.2, 0) is 13.0 Å². The number of hydrogen-bond donors (Lipinski definition) is 0. The van der Waals surface area contributed by atoms with E-state index in [0.717, 1.165) is 12.0 Å². The molecule has 102 valence electrons. The number of ketones is 1. The minimum absolute atomic E-state index is 0.127. The van der Waals surface area contributed by atoms with Crippen molar-refractivity contribution in [1.29, 1.82) is 0 Å². The van der Waals surface area contributed by atoms with E-state index in [2.05, 4.69) is 4.98 Å². The van der Waals surface area contributed by atoms with Crippen molar-refractivity contribution in [3.05, 3.63) is 57.3 Å². The molecule has 0 amide bonds. The number of hydrogen-bond acceptors (Lipinski definition) is 3. The van der Waals surface area contributed by atoms with Crippen molar-refractivity contribution in [1.82, 2.24) is 4.98 Å². The molecule has 0 saturated carbocycles. The Kier molecular flexibility index (Phi) is 3.64. The molecule has 3 nitrogen and oxygen atoms in total. The highest BCUT2D eigenvalue weighted by atomic mass is 35.5. The number of Topliss-reactive ketones (excluding diaryl/α,β-unsaturated/α-hetero) is 1. The first kappa shape index (κ1) is 13.4. The fraction of sp³-hybridized carbons (Fsp3) is 0.200. The second-order valence-corrected chi connectivity index (χ2v) is 5.40. The van der Waals surface area contributed by atoms with Crippen molar-refractivity contribution >= 4 is 29.0 Å². The summed E-state index contributed by atoms with van der Waals surface area (Å²) >= 11 is 12.1. The van der Waals surface area contributed by atoms with Gasteiger partial charge < -0.3 is 4.74 Å². The lowest BCUT2D eigenvalue weighted by Crippen LogP contribution is -2.02. The number of aromatic nitrogens is 1. The number of rotatable bonds is 3. The molecule has 2 aromatic rings. The average Bonchev–Trinajstić information content (AvgIpc) is 2.81. The number of fused-ring (bicyclic) bond motifs is 1. The van der Waals surface area contributed by atoms with Crippen molar-refractivity contribution in [2.24, 2.45) is 0 Å². The molecular formula is C15H11Cl2NO2. The molecule has 1 heterocycles. The molecule has 0 fully saturated rings. The van der Waals surface area contributed by atoms with Crippen molar-refractivity contribution in [3.8, 4) is 5.75 Å². The SMILES string of the molecule is O=C1CCc2cccc(OCc3c(Cl)cncc3Cl)c21. The minimum Gasteiger partial charge on any atom is -0.488 e. The second kappa shape index (κ2) is 5.43. The predicted octanol–water partition coefficient (Wildman–Crippen LogP) is 4.10. The molecule has 0 saturated heterocycles. The van der Waals surface area contributed by atoms with Crippen LogP contribution in [0.2, 0.25) is 10.0 Å². The summed E-state index contributed by atoms with van der Waals surface area (Å²) in [7, 11) is 0. The van der Waals surface area contributed by atoms with E-state index >= 15 is 0 Å². The molecule has 0 radical (unpaired) electrons. The number of nitrogens with zero attached hydrogens (tertiary/aromatic N) is 1. The van der Waals surface area contributed by atoms with Crippen molar-refractivity contribution in [2.45, 2.75) is 19.4 Å². The van der Waals surface area contributed by atoms with Crippen LogP contribution in [0.3, 0.4) is 0 Å². The van der Waals surface area contributed by atoms with Crippen LogP contribution in [-0.4, -0.2) is 10.8 Å². The summed E-state index contributed by atoms with van der Waals surface area (Å²) < 4.78 is 5.75. The van der Waals surface area contributed by atoms with Gasteiger partial charge in [0.25, 0.3) is 0 Å². The van der Waals surface area contributed by atoms with E-state index in [-0.39, 0.29) is 12.4 Å². The molecule has 1 aromatic carbocycles. The molecule has 1 aliphatic carbocycles. The van der Waals surface area contributed by atoms with Crippen LogP contribution < -0.4 is 4.74 Å². The molecular weight excluding hydrogens is 297 g/mol. The summed E-state index contributed by atoms with van der Waals surface area (Å²) in [6, 6.07) is 5.65. The van der Waals surface area contributed by atoms with Crippen LogP contribution in [0.25, 0.3) is 0 Å². The summed E-state index contributed by atoms with van der Waals surface area (Å²) in [4.78, 5) is 15.8. The predicted molar refractivity (Wildman–Crippen MR) is 77.7 cm³/mol. The van der Waals surface area contributed by atoms with Crippen molar-refractivity contribution < 1.29 is 9.53 Å². The largest absolute Gasteiger partial charge is 0.488 e. The maximum Gasteiger partial charge on any atom is 0.167 e. The number of halogens is 2. The van der Waals surface area contributed by atoms with Crippen LogP contribution in [0.1, 0.15) is 27.9 Å². The molecule has 20 heavy (non-hydrogen) atoms. The van der Waals surface area contributed by atoms with Crippen molar-refractivity contribution in [3.63, 3.8) is 0 Å². The fourth-order valence-electron chi connectivity index (χ4n) is 2.32. The van der Waals surface area contributed by atoms with E-state index in [1.165, 1.54) is 12.4 Å². The van der Waals surface area contributed by atoms with Gasteiger partial charge in [-0.3, -0.25) is 9.78 Å². The Hall–Kier alpha value is -1.58. The van der Waals surface area contributed by atoms with Crippen LogP contribution in [0.15, 0.2) is 30.6 Å². The molecule has 0 spiro atoms. The Morgan fingerprint density at radius 1 is 1.15 bits per heavy atom. The van der Waals surface area contributed by atoms with E-state index in [0.29, 0.717) is 33.3 Å². The minimum atomic E-state index is 0.127. The molecule has 0 aliphatic heterocycles. The highest BCUT2D eigenvalue weighted by Gasteiger charge is 2.23. The maximum absolute atomic E-state index is 11.9. The molecule has 0 unspecified atom stereocenters. The second-order valence-electron chi connectivity index (χ2n) is 4.58. The number of carbonyl (C=O) groups excluding carboxylic acids is 1. The summed E-state index contributed by atoms with van der Waals surface area (Å²) in [5.74, 6) is 0.719. The zero-order valence-corrected chi connectivity index (χ0v) is 12.0. The number of carbonyl (C=O) groups is 1. The molecule has 0 bridgehead atoms. The van der Waals surface area contributed by atoms with Gasteiger partial charge >= 0.3 is 0 Å². The first-order valence-electron chi connectivity index (χ1n) is 6.22. The average molecular weight is 308 g/mol. The zero-order valence-electron chi connectivity index (χ0n) is 10.5. The summed E-state index contributed by atoms with van der Waals surface area (Å²) in [6.45, 7) is 0.212. The molecule has 5 heteroatoms. The Bertz CT molecular complexity index is 665. The standard InChI is InChI=1S/C15H11Cl2NO2/c16-11-6-18-7-12(17)10(11)8-20-14-3-1-2-9-4-5-13(19)15(9)14/h1-3,6-7H,4-5,8H2. The van der Waals surface area contributed by atoms with Gasteiger partial charge in [-0.1, -0.05) is 35.3 Å². The highest BCUT2D eigenvalue weighted by molar-refractivity contribution is 6.35. The fourth-order valence-corrected chi connectivity index (χ4v) is 2.79. The van der Waals surface area contributed by atoms with Gasteiger partial charge in [0.2, 0.25) is 0 Å². The van der Waals surface area contributed by atoms with Gasteiger partial charge in [0, 0.05) is 24.4 Å². The Labute approximate surface area is 126 Å². The molecule has 0 atom stereocenters. The van der Waals surface area contributed by atoms with Gasteiger partial charge in [0.05, 0.1) is 15.6 Å². The lowest BCUT2D eigenvalue weighted by molar-refractivity contribution is 0.0990. The number of ether oxygens (including phenoxy) is 1. The molecule has 1 aromatic heterocycles. The Morgan fingerprint density at radius 3 is 2.65 bits per heavy atom. The third-order valence-corrected chi connectivity index (χ3v) is 3.99. The summed E-state index contributed by atoms with van der Waals surface area (Å²) in [5.41, 5.74) is 2.40. The Morgan fingerprint density at radius 2 is 1.90 bits per heavy atom.